The fraction of sp³-hybridized carbons (Fsp3) is 1.00. The van der Waals surface area contributed by atoms with Crippen molar-refractivity contribution in [1.82, 2.24) is 4.90 Å². The van der Waals surface area contributed by atoms with Gasteiger partial charge in [0.25, 0.3) is 0 Å². The second-order valence-electron chi connectivity index (χ2n) is 4.57. The van der Waals surface area contributed by atoms with E-state index in [1.54, 1.807) is 0 Å². The molecule has 0 radical (unpaired) electrons. The summed E-state index contributed by atoms with van der Waals surface area (Å²) in [4.78, 5) is 2.69. The van der Waals surface area contributed by atoms with E-state index in [1.165, 1.54) is 38.6 Å². The molecule has 2 aliphatic rings. The lowest BCUT2D eigenvalue weighted by atomic mass is 9.85. The van der Waals surface area contributed by atoms with E-state index in [9.17, 15) is 0 Å². The van der Waals surface area contributed by atoms with E-state index in [4.69, 9.17) is 4.74 Å². The van der Waals surface area contributed by atoms with Crippen LogP contribution in [0, 0.1) is 0 Å². The van der Waals surface area contributed by atoms with Gasteiger partial charge in [-0.1, -0.05) is 6.42 Å². The first-order valence-corrected chi connectivity index (χ1v) is 5.60. The van der Waals surface area contributed by atoms with Crippen molar-refractivity contribution >= 4 is 0 Å². The second kappa shape index (κ2) is 3.97. The predicted molar refractivity (Wildman–Crippen MR) is 53.8 cm³/mol. The minimum atomic E-state index is 0.555. The molecule has 1 saturated carbocycles. The Bertz CT molecular complexity index is 165. The summed E-state index contributed by atoms with van der Waals surface area (Å²) in [6, 6.07) is 1.65. The van der Waals surface area contributed by atoms with Gasteiger partial charge >= 0.3 is 0 Å². The van der Waals surface area contributed by atoms with Crippen LogP contribution in [0.2, 0.25) is 0 Å². The first kappa shape index (κ1) is 9.47. The molecule has 1 heterocycles. The Kier molecular flexibility index (Phi) is 2.89. The second-order valence-corrected chi connectivity index (χ2v) is 4.57. The van der Waals surface area contributed by atoms with E-state index in [0.29, 0.717) is 6.10 Å². The van der Waals surface area contributed by atoms with Crippen LogP contribution in [-0.4, -0.2) is 36.7 Å². The Labute approximate surface area is 81.3 Å². The van der Waals surface area contributed by atoms with Gasteiger partial charge in [0.05, 0.1) is 6.10 Å². The molecule has 0 aromatic carbocycles. The highest BCUT2D eigenvalue weighted by atomic mass is 16.5. The molecule has 0 amide bonds. The van der Waals surface area contributed by atoms with Gasteiger partial charge in [0.1, 0.15) is 0 Å². The van der Waals surface area contributed by atoms with Crippen molar-refractivity contribution in [1.29, 1.82) is 0 Å². The van der Waals surface area contributed by atoms with Gasteiger partial charge in [-0.05, 0) is 39.2 Å². The van der Waals surface area contributed by atoms with Crippen LogP contribution < -0.4 is 0 Å². The maximum atomic E-state index is 5.32. The average molecular weight is 183 g/mol. The van der Waals surface area contributed by atoms with Crippen LogP contribution in [0.3, 0.4) is 0 Å². The van der Waals surface area contributed by atoms with Crippen molar-refractivity contribution in [2.24, 2.45) is 0 Å². The maximum absolute atomic E-state index is 5.32. The molecule has 0 N–H and O–H groups in total. The van der Waals surface area contributed by atoms with Crippen molar-refractivity contribution in [3.63, 3.8) is 0 Å². The number of methoxy groups -OCH3 is 1. The van der Waals surface area contributed by atoms with Crippen LogP contribution in [0.1, 0.15) is 39.0 Å². The SMILES string of the molecule is COC1CC(N2CCCC[C@@H]2C)C1. The molecule has 1 atom stereocenters. The highest BCUT2D eigenvalue weighted by molar-refractivity contribution is 4.91. The van der Waals surface area contributed by atoms with Crippen molar-refractivity contribution in [2.45, 2.75) is 57.2 Å². The van der Waals surface area contributed by atoms with E-state index >= 15 is 0 Å². The monoisotopic (exact) mass is 183 g/mol. The first-order valence-electron chi connectivity index (χ1n) is 5.60. The fourth-order valence-corrected chi connectivity index (χ4v) is 2.66. The topological polar surface area (TPSA) is 12.5 Å². The van der Waals surface area contributed by atoms with Gasteiger partial charge in [-0.2, -0.15) is 0 Å². The number of hydrogen-bond donors (Lipinski definition) is 0. The summed E-state index contributed by atoms with van der Waals surface area (Å²) in [6.07, 6.45) is 7.31. The van der Waals surface area contributed by atoms with E-state index in [0.717, 1.165) is 12.1 Å². The van der Waals surface area contributed by atoms with Crippen molar-refractivity contribution in [3.8, 4) is 0 Å². The van der Waals surface area contributed by atoms with E-state index in [2.05, 4.69) is 11.8 Å². The Balaban J connectivity index is 1.80. The number of likely N-dealkylation sites (tertiary alicyclic amines) is 1. The third kappa shape index (κ3) is 1.89. The van der Waals surface area contributed by atoms with Crippen LogP contribution in [0.5, 0.6) is 0 Å². The number of ether oxygens (including phenoxy) is 1. The molecular formula is C11H21NO. The van der Waals surface area contributed by atoms with Crippen molar-refractivity contribution < 1.29 is 4.74 Å². The minimum absolute atomic E-state index is 0.555. The van der Waals surface area contributed by atoms with Crippen LogP contribution in [0.15, 0.2) is 0 Å². The largest absolute Gasteiger partial charge is 0.381 e. The van der Waals surface area contributed by atoms with Crippen LogP contribution >= 0.6 is 0 Å². The molecule has 76 valence electrons. The Morgan fingerprint density at radius 2 is 2.00 bits per heavy atom. The zero-order chi connectivity index (χ0) is 9.26. The summed E-state index contributed by atoms with van der Waals surface area (Å²) in [5.74, 6) is 0. The average Bonchev–Trinajstić information content (AvgIpc) is 2.06. The Morgan fingerprint density at radius 3 is 2.62 bits per heavy atom. The molecule has 2 heteroatoms. The molecule has 2 fully saturated rings. The standard InChI is InChI=1S/C11H21NO/c1-9-5-3-4-6-12(9)10-7-11(8-10)13-2/h9-11H,3-8H2,1-2H3/t9-,10?,11?/m0/s1. The lowest BCUT2D eigenvalue weighted by Crippen LogP contribution is -2.52. The normalized spacial score (nSPS) is 41.5. The van der Waals surface area contributed by atoms with Gasteiger partial charge < -0.3 is 4.74 Å². The van der Waals surface area contributed by atoms with E-state index in [-0.39, 0.29) is 0 Å². The highest BCUT2D eigenvalue weighted by Crippen LogP contribution is 2.32. The van der Waals surface area contributed by atoms with E-state index in [1.807, 2.05) is 7.11 Å². The molecule has 0 unspecified atom stereocenters. The summed E-state index contributed by atoms with van der Waals surface area (Å²) in [5, 5.41) is 0. The van der Waals surface area contributed by atoms with Crippen LogP contribution in [0.4, 0.5) is 0 Å². The number of nitrogens with zero attached hydrogens (tertiary/aromatic N) is 1. The summed E-state index contributed by atoms with van der Waals surface area (Å²) in [5.41, 5.74) is 0. The van der Waals surface area contributed by atoms with E-state index < -0.39 is 0 Å². The summed E-state index contributed by atoms with van der Waals surface area (Å²) < 4.78 is 5.32. The maximum Gasteiger partial charge on any atom is 0.0601 e. The molecule has 0 spiro atoms. The summed E-state index contributed by atoms with van der Waals surface area (Å²) >= 11 is 0. The smallest absolute Gasteiger partial charge is 0.0601 e. The van der Waals surface area contributed by atoms with Crippen LogP contribution in [0.25, 0.3) is 0 Å². The van der Waals surface area contributed by atoms with Crippen molar-refractivity contribution in [2.75, 3.05) is 13.7 Å². The lowest BCUT2D eigenvalue weighted by molar-refractivity contribution is -0.0463. The summed E-state index contributed by atoms with van der Waals surface area (Å²) in [7, 11) is 1.83. The first-order chi connectivity index (χ1) is 6.31. The van der Waals surface area contributed by atoms with Gasteiger partial charge in [-0.15, -0.1) is 0 Å². The molecule has 2 rings (SSSR count). The van der Waals surface area contributed by atoms with Gasteiger partial charge in [0.2, 0.25) is 0 Å². The molecule has 0 aromatic rings. The third-order valence-corrected chi connectivity index (χ3v) is 3.73. The molecule has 2 nitrogen and oxygen atoms in total. The van der Waals surface area contributed by atoms with Crippen molar-refractivity contribution in [3.05, 3.63) is 0 Å². The molecule has 1 aliphatic carbocycles. The molecule has 0 bridgehead atoms. The Morgan fingerprint density at radius 1 is 1.23 bits per heavy atom. The molecule has 1 saturated heterocycles. The third-order valence-electron chi connectivity index (χ3n) is 3.73. The highest BCUT2D eigenvalue weighted by Gasteiger charge is 2.36. The summed E-state index contributed by atoms with van der Waals surface area (Å²) in [6.45, 7) is 3.70. The number of piperidine rings is 1. The Hall–Kier alpha value is -0.0800. The zero-order valence-corrected chi connectivity index (χ0v) is 8.83. The molecule has 0 aromatic heterocycles. The fourth-order valence-electron chi connectivity index (χ4n) is 2.66. The number of hydrogen-bond acceptors (Lipinski definition) is 2. The number of rotatable bonds is 2. The molecule has 1 aliphatic heterocycles. The predicted octanol–water partition coefficient (Wildman–Crippen LogP) is 2.04. The van der Waals surface area contributed by atoms with Gasteiger partial charge in [0, 0.05) is 19.2 Å². The van der Waals surface area contributed by atoms with Gasteiger partial charge in [-0.3, -0.25) is 4.90 Å². The van der Waals surface area contributed by atoms with Gasteiger partial charge in [-0.25, -0.2) is 0 Å². The molecule has 13 heavy (non-hydrogen) atoms. The quantitative estimate of drug-likeness (QED) is 0.649. The lowest BCUT2D eigenvalue weighted by Gasteiger charge is -2.47. The minimum Gasteiger partial charge on any atom is -0.381 e. The van der Waals surface area contributed by atoms with Crippen LogP contribution in [-0.2, 0) is 4.74 Å². The zero-order valence-electron chi connectivity index (χ0n) is 8.83. The molecular weight excluding hydrogens is 162 g/mol. The van der Waals surface area contributed by atoms with Gasteiger partial charge in [0.15, 0.2) is 0 Å².